The Hall–Kier alpha value is 0.180. The molecule has 0 radical (unpaired) electrons. The smallest absolute Gasteiger partial charge is 0.862 e. The van der Waals surface area contributed by atoms with Crippen molar-refractivity contribution in [3.05, 3.63) is 0 Å². The molecule has 0 heterocycles. The van der Waals surface area contributed by atoms with Crippen molar-refractivity contribution in [3.63, 3.8) is 0 Å². The molecule has 0 amide bonds. The average molecular weight is 231 g/mol. The third-order valence-electron chi connectivity index (χ3n) is 0.635. The van der Waals surface area contributed by atoms with Gasteiger partial charge in [0, 0.05) is 5.75 Å². The number of carbonyl (C=O) groups is 1. The second kappa shape index (κ2) is 8.76. The summed E-state index contributed by atoms with van der Waals surface area (Å²) in [6.45, 7) is -0.516. The Morgan fingerprint density at radius 1 is 1.69 bits per heavy atom. The SMILES string of the molecule is N=C([O-])CSC(=S)OCC(=O)O.[Na+]. The molecule has 0 saturated heterocycles. The number of carboxylic acids is 1. The van der Waals surface area contributed by atoms with Crippen molar-refractivity contribution >= 4 is 40.2 Å². The molecule has 0 aromatic heterocycles. The molecule has 0 bridgehead atoms. The molecule has 68 valence electrons. The van der Waals surface area contributed by atoms with Gasteiger partial charge in [-0.1, -0.05) is 11.8 Å². The fraction of sp³-hybridized carbons (Fsp3) is 0.400. The van der Waals surface area contributed by atoms with E-state index in [0.29, 0.717) is 0 Å². The van der Waals surface area contributed by atoms with E-state index in [4.69, 9.17) is 10.5 Å². The van der Waals surface area contributed by atoms with Gasteiger partial charge in [-0.2, -0.15) is 0 Å². The predicted octanol–water partition coefficient (Wildman–Crippen LogP) is -3.55. The van der Waals surface area contributed by atoms with E-state index in [2.05, 4.69) is 17.0 Å². The van der Waals surface area contributed by atoms with Gasteiger partial charge < -0.3 is 20.4 Å². The first-order valence-corrected chi connectivity index (χ1v) is 4.17. The molecular formula is C5H6NNaO4S2. The van der Waals surface area contributed by atoms with Crippen LogP contribution in [0.3, 0.4) is 0 Å². The van der Waals surface area contributed by atoms with Crippen molar-refractivity contribution < 1.29 is 49.3 Å². The molecule has 0 aromatic rings. The number of carboxylic acid groups (broad SMARTS) is 1. The monoisotopic (exact) mass is 231 g/mol. The normalized spacial score (nSPS) is 8.31. The van der Waals surface area contributed by atoms with Gasteiger partial charge in [-0.25, -0.2) is 4.79 Å². The summed E-state index contributed by atoms with van der Waals surface area (Å²) in [7, 11) is 0. The minimum absolute atomic E-state index is 0. The number of aliphatic carboxylic acids is 1. The topological polar surface area (TPSA) is 93.4 Å². The van der Waals surface area contributed by atoms with Gasteiger partial charge >= 0.3 is 35.5 Å². The van der Waals surface area contributed by atoms with Gasteiger partial charge in [0.15, 0.2) is 6.61 Å². The van der Waals surface area contributed by atoms with E-state index in [0.717, 1.165) is 11.8 Å². The molecule has 0 atom stereocenters. The summed E-state index contributed by atoms with van der Waals surface area (Å²) in [5, 5.41) is 24.7. The van der Waals surface area contributed by atoms with Gasteiger partial charge in [-0.05, 0) is 18.1 Å². The van der Waals surface area contributed by atoms with Crippen LogP contribution in [0.15, 0.2) is 0 Å². The zero-order chi connectivity index (χ0) is 9.56. The Bertz CT molecular complexity index is 191. The number of thioether (sulfide) groups is 1. The van der Waals surface area contributed by atoms with Crippen molar-refractivity contribution in [1.29, 1.82) is 5.41 Å². The largest absolute Gasteiger partial charge is 1.00 e. The van der Waals surface area contributed by atoms with Crippen LogP contribution in [0.1, 0.15) is 0 Å². The van der Waals surface area contributed by atoms with Gasteiger partial charge in [0.25, 0.3) is 0 Å². The Labute approximate surface area is 107 Å². The fourth-order valence-electron chi connectivity index (χ4n) is 0.287. The van der Waals surface area contributed by atoms with Crippen molar-refractivity contribution in [1.82, 2.24) is 0 Å². The molecule has 0 aromatic carbocycles. The molecule has 2 N–H and O–H groups in total. The van der Waals surface area contributed by atoms with E-state index >= 15 is 0 Å². The maximum absolute atomic E-state index is 10.1. The second-order valence-electron chi connectivity index (χ2n) is 1.64. The van der Waals surface area contributed by atoms with Crippen LogP contribution in [0.5, 0.6) is 0 Å². The molecule has 13 heavy (non-hydrogen) atoms. The Kier molecular flexibility index (Phi) is 10.5. The van der Waals surface area contributed by atoms with Gasteiger partial charge in [-0.15, -0.1) is 0 Å². The Balaban J connectivity index is 0. The van der Waals surface area contributed by atoms with E-state index in [-0.39, 0.29) is 39.7 Å². The van der Waals surface area contributed by atoms with Crippen LogP contribution in [0.2, 0.25) is 0 Å². The van der Waals surface area contributed by atoms with Crippen molar-refractivity contribution in [2.45, 2.75) is 0 Å². The number of hydrogen-bond donors (Lipinski definition) is 2. The van der Waals surface area contributed by atoms with Crippen LogP contribution in [-0.4, -0.2) is 33.7 Å². The zero-order valence-electron chi connectivity index (χ0n) is 6.90. The summed E-state index contributed by atoms with van der Waals surface area (Å²) in [5.41, 5.74) is 0. The summed E-state index contributed by atoms with van der Waals surface area (Å²) < 4.78 is 4.48. The van der Waals surface area contributed by atoms with Gasteiger partial charge in [0.2, 0.25) is 4.38 Å². The summed E-state index contributed by atoms with van der Waals surface area (Å²) in [6.07, 6.45) is 0. The van der Waals surface area contributed by atoms with Gasteiger partial charge in [0.1, 0.15) is 0 Å². The Morgan fingerprint density at radius 3 is 2.62 bits per heavy atom. The van der Waals surface area contributed by atoms with E-state index < -0.39 is 18.5 Å². The number of nitrogens with one attached hydrogen (secondary N) is 1. The quantitative estimate of drug-likeness (QED) is 0.225. The second-order valence-corrected chi connectivity index (χ2v) is 3.22. The first kappa shape index (κ1) is 15.6. The number of thiocarbonyl (C=S) groups is 1. The van der Waals surface area contributed by atoms with Crippen molar-refractivity contribution in [2.24, 2.45) is 0 Å². The third kappa shape index (κ3) is 12.2. The molecule has 0 unspecified atom stereocenters. The minimum Gasteiger partial charge on any atom is -0.862 e. The molecular weight excluding hydrogens is 225 g/mol. The van der Waals surface area contributed by atoms with Crippen LogP contribution in [0.4, 0.5) is 0 Å². The summed E-state index contributed by atoms with van der Waals surface area (Å²) in [4.78, 5) is 9.94. The standard InChI is InChI=1S/C5H7NO4S2.Na/c6-3(7)2-12-5(11)10-1-4(8)9;/h1-2H2,(H2,6,7)(H,8,9);/q;+1/p-1. The van der Waals surface area contributed by atoms with Crippen LogP contribution in [0, 0.1) is 5.41 Å². The minimum atomic E-state index is -1.13. The van der Waals surface area contributed by atoms with Gasteiger partial charge in [0.05, 0.1) is 0 Å². The van der Waals surface area contributed by atoms with Gasteiger partial charge in [-0.3, -0.25) is 0 Å². The molecule has 8 heteroatoms. The maximum atomic E-state index is 10.1. The summed E-state index contributed by atoms with van der Waals surface area (Å²) in [6, 6.07) is 0. The average Bonchev–Trinajstić information content (AvgIpc) is 1.96. The molecule has 0 saturated carbocycles. The zero-order valence-corrected chi connectivity index (χ0v) is 10.5. The van der Waals surface area contributed by atoms with Crippen LogP contribution in [-0.2, 0) is 9.53 Å². The van der Waals surface area contributed by atoms with Crippen LogP contribution >= 0.6 is 24.0 Å². The number of rotatable bonds is 4. The van der Waals surface area contributed by atoms with Crippen molar-refractivity contribution in [3.8, 4) is 0 Å². The van der Waals surface area contributed by atoms with E-state index in [1.54, 1.807) is 0 Å². The Morgan fingerprint density at radius 2 is 2.23 bits per heavy atom. The first-order valence-electron chi connectivity index (χ1n) is 2.78. The fourth-order valence-corrected chi connectivity index (χ4v) is 0.914. The first-order chi connectivity index (χ1) is 5.52. The third-order valence-corrected chi connectivity index (χ3v) is 1.87. The molecule has 0 spiro atoms. The maximum Gasteiger partial charge on any atom is 1.00 e. The van der Waals surface area contributed by atoms with Crippen LogP contribution in [0.25, 0.3) is 0 Å². The number of hydrogen-bond acceptors (Lipinski definition) is 6. The van der Waals surface area contributed by atoms with E-state index in [1.165, 1.54) is 0 Å². The molecule has 5 nitrogen and oxygen atoms in total. The van der Waals surface area contributed by atoms with Crippen molar-refractivity contribution in [2.75, 3.05) is 12.4 Å². The molecule has 0 fully saturated rings. The summed E-state index contributed by atoms with van der Waals surface area (Å²) in [5.74, 6) is -2.02. The molecule has 0 aliphatic carbocycles. The molecule has 0 rings (SSSR count). The predicted molar refractivity (Wildman–Crippen MR) is 46.4 cm³/mol. The van der Waals surface area contributed by atoms with E-state index in [9.17, 15) is 9.90 Å². The summed E-state index contributed by atoms with van der Waals surface area (Å²) >= 11 is 5.37. The molecule has 0 aliphatic rings. The number of ether oxygens (including phenoxy) is 1. The van der Waals surface area contributed by atoms with Crippen LogP contribution < -0.4 is 34.7 Å². The van der Waals surface area contributed by atoms with E-state index in [1.807, 2.05) is 0 Å². The molecule has 0 aliphatic heterocycles.